The highest BCUT2D eigenvalue weighted by Crippen LogP contribution is 2.22. The molecule has 1 atom stereocenters. The molecule has 0 amide bonds. The summed E-state index contributed by atoms with van der Waals surface area (Å²) in [5.41, 5.74) is 1.47. The minimum absolute atomic E-state index is 0.903. The molecule has 0 nitrogen and oxygen atoms in total. The second-order valence-electron chi connectivity index (χ2n) is 4.47. The highest BCUT2D eigenvalue weighted by atomic mass is 14.1. The zero-order chi connectivity index (χ0) is 12.8. The van der Waals surface area contributed by atoms with Gasteiger partial charge in [-0.1, -0.05) is 85.3 Å². The van der Waals surface area contributed by atoms with Crippen molar-refractivity contribution in [3.63, 3.8) is 0 Å². The van der Waals surface area contributed by atoms with Crippen LogP contribution < -0.4 is 0 Å². The lowest BCUT2D eigenvalue weighted by Crippen LogP contribution is -2.00. The predicted molar refractivity (Wildman–Crippen MR) is 77.9 cm³/mol. The first-order valence-corrected chi connectivity index (χ1v) is 7.41. The standard InChI is InChI=1S/C14H28.C2H6/c1-5-8-9-11-14(7-3)12-13(4)10-6-2;1-2/h14H,4-12H2,1-3H3;1-2H3. The van der Waals surface area contributed by atoms with E-state index >= 15 is 0 Å². The average molecular weight is 226 g/mol. The Balaban J connectivity index is 0. The normalized spacial score (nSPS) is 11.6. The molecule has 0 heteroatoms. The maximum absolute atomic E-state index is 4.16. The fourth-order valence-electron chi connectivity index (χ4n) is 2.00. The SMILES string of the molecule is C=C(CCC)CC(CC)CCCCC.CC. The van der Waals surface area contributed by atoms with Gasteiger partial charge in [0, 0.05) is 0 Å². The second-order valence-corrected chi connectivity index (χ2v) is 4.47. The number of hydrogen-bond acceptors (Lipinski definition) is 0. The molecule has 0 radical (unpaired) electrons. The number of rotatable bonds is 9. The van der Waals surface area contributed by atoms with Crippen molar-refractivity contribution in [3.05, 3.63) is 12.2 Å². The summed E-state index contributed by atoms with van der Waals surface area (Å²) >= 11 is 0. The van der Waals surface area contributed by atoms with Gasteiger partial charge in [0.1, 0.15) is 0 Å². The minimum Gasteiger partial charge on any atom is -0.0999 e. The van der Waals surface area contributed by atoms with Crippen LogP contribution in [-0.2, 0) is 0 Å². The summed E-state index contributed by atoms with van der Waals surface area (Å²) in [4.78, 5) is 0. The van der Waals surface area contributed by atoms with Gasteiger partial charge in [-0.15, -0.1) is 0 Å². The van der Waals surface area contributed by atoms with E-state index in [1.54, 1.807) is 0 Å². The lowest BCUT2D eigenvalue weighted by Gasteiger charge is -2.15. The van der Waals surface area contributed by atoms with Gasteiger partial charge in [0.2, 0.25) is 0 Å². The van der Waals surface area contributed by atoms with Crippen LogP contribution in [0.15, 0.2) is 12.2 Å². The molecule has 0 fully saturated rings. The highest BCUT2D eigenvalue weighted by Gasteiger charge is 2.07. The molecule has 16 heavy (non-hydrogen) atoms. The molecular weight excluding hydrogens is 192 g/mol. The summed E-state index contributed by atoms with van der Waals surface area (Å²) < 4.78 is 0. The van der Waals surface area contributed by atoms with E-state index in [0.717, 1.165) is 5.92 Å². The summed E-state index contributed by atoms with van der Waals surface area (Å²) in [5, 5.41) is 0. The molecule has 0 spiro atoms. The average Bonchev–Trinajstić information content (AvgIpc) is 2.31. The second kappa shape index (κ2) is 14.7. The molecule has 0 aliphatic carbocycles. The van der Waals surface area contributed by atoms with E-state index in [4.69, 9.17) is 0 Å². The van der Waals surface area contributed by atoms with Crippen LogP contribution in [0.2, 0.25) is 0 Å². The smallest absolute Gasteiger partial charge is 0.0295 e. The summed E-state index contributed by atoms with van der Waals surface area (Å²) in [6.07, 6.45) is 10.6. The Kier molecular flexibility index (Phi) is 16.7. The van der Waals surface area contributed by atoms with Gasteiger partial charge >= 0.3 is 0 Å². The Hall–Kier alpha value is -0.260. The van der Waals surface area contributed by atoms with Crippen LogP contribution in [0.25, 0.3) is 0 Å². The first kappa shape index (κ1) is 18.1. The molecule has 0 N–H and O–H groups in total. The number of unbranched alkanes of at least 4 members (excludes halogenated alkanes) is 2. The topological polar surface area (TPSA) is 0 Å². The summed E-state index contributed by atoms with van der Waals surface area (Å²) in [6, 6.07) is 0. The molecule has 0 aromatic rings. The van der Waals surface area contributed by atoms with Gasteiger partial charge in [0.15, 0.2) is 0 Å². The summed E-state index contributed by atoms with van der Waals surface area (Å²) in [6.45, 7) is 15.0. The molecule has 0 rings (SSSR count). The van der Waals surface area contributed by atoms with E-state index in [0.29, 0.717) is 0 Å². The number of hydrogen-bond donors (Lipinski definition) is 0. The van der Waals surface area contributed by atoms with Crippen molar-refractivity contribution in [2.75, 3.05) is 0 Å². The highest BCUT2D eigenvalue weighted by molar-refractivity contribution is 4.95. The van der Waals surface area contributed by atoms with E-state index in [1.165, 1.54) is 56.9 Å². The lowest BCUT2D eigenvalue weighted by atomic mass is 9.91. The fourth-order valence-corrected chi connectivity index (χ4v) is 2.00. The Morgan fingerprint density at radius 1 is 1.00 bits per heavy atom. The zero-order valence-corrected chi connectivity index (χ0v) is 12.4. The molecule has 0 saturated carbocycles. The van der Waals surface area contributed by atoms with E-state index in [-0.39, 0.29) is 0 Å². The van der Waals surface area contributed by atoms with Gasteiger partial charge < -0.3 is 0 Å². The van der Waals surface area contributed by atoms with Crippen LogP contribution in [0.3, 0.4) is 0 Å². The van der Waals surface area contributed by atoms with Crippen molar-refractivity contribution in [1.82, 2.24) is 0 Å². The third-order valence-corrected chi connectivity index (χ3v) is 2.97. The van der Waals surface area contributed by atoms with E-state index < -0.39 is 0 Å². The van der Waals surface area contributed by atoms with Crippen LogP contribution in [0.4, 0.5) is 0 Å². The maximum Gasteiger partial charge on any atom is -0.0295 e. The van der Waals surface area contributed by atoms with Gasteiger partial charge in [-0.3, -0.25) is 0 Å². The Morgan fingerprint density at radius 3 is 2.06 bits per heavy atom. The molecule has 1 unspecified atom stereocenters. The molecule has 0 saturated heterocycles. The summed E-state index contributed by atoms with van der Waals surface area (Å²) in [5.74, 6) is 0.903. The molecule has 0 bridgehead atoms. The van der Waals surface area contributed by atoms with Crippen LogP contribution in [-0.4, -0.2) is 0 Å². The number of allylic oxidation sites excluding steroid dienone is 1. The van der Waals surface area contributed by atoms with Crippen molar-refractivity contribution in [2.24, 2.45) is 5.92 Å². The molecule has 98 valence electrons. The fraction of sp³-hybridized carbons (Fsp3) is 0.875. The van der Waals surface area contributed by atoms with Gasteiger partial charge in [0.25, 0.3) is 0 Å². The zero-order valence-electron chi connectivity index (χ0n) is 12.4. The van der Waals surface area contributed by atoms with Gasteiger partial charge in [0.05, 0.1) is 0 Å². The summed E-state index contributed by atoms with van der Waals surface area (Å²) in [7, 11) is 0. The monoisotopic (exact) mass is 226 g/mol. The third-order valence-electron chi connectivity index (χ3n) is 2.97. The van der Waals surface area contributed by atoms with E-state index in [9.17, 15) is 0 Å². The first-order valence-electron chi connectivity index (χ1n) is 7.41. The van der Waals surface area contributed by atoms with Crippen molar-refractivity contribution >= 4 is 0 Å². The van der Waals surface area contributed by atoms with Gasteiger partial charge in [-0.25, -0.2) is 0 Å². The van der Waals surface area contributed by atoms with Crippen LogP contribution in [0.1, 0.15) is 86.0 Å². The minimum atomic E-state index is 0.903. The van der Waals surface area contributed by atoms with Crippen LogP contribution in [0.5, 0.6) is 0 Å². The van der Waals surface area contributed by atoms with Crippen molar-refractivity contribution in [2.45, 2.75) is 86.0 Å². The van der Waals surface area contributed by atoms with E-state index in [1.807, 2.05) is 13.8 Å². The molecule has 0 aromatic carbocycles. The van der Waals surface area contributed by atoms with Gasteiger partial charge in [-0.05, 0) is 18.8 Å². The van der Waals surface area contributed by atoms with Crippen molar-refractivity contribution in [1.29, 1.82) is 0 Å². The largest absolute Gasteiger partial charge is 0.0999 e. The Bertz CT molecular complexity index is 135. The quantitative estimate of drug-likeness (QED) is 0.317. The molecule has 0 aromatic heterocycles. The van der Waals surface area contributed by atoms with Crippen LogP contribution in [0, 0.1) is 5.92 Å². The van der Waals surface area contributed by atoms with Crippen molar-refractivity contribution < 1.29 is 0 Å². The van der Waals surface area contributed by atoms with Crippen molar-refractivity contribution in [3.8, 4) is 0 Å². The Morgan fingerprint density at radius 2 is 1.62 bits per heavy atom. The molecule has 0 aliphatic rings. The predicted octanol–water partition coefficient (Wildman–Crippen LogP) is 6.37. The Labute approximate surface area is 105 Å². The molecule has 0 aliphatic heterocycles. The first-order chi connectivity index (χ1) is 7.74. The van der Waals surface area contributed by atoms with E-state index in [2.05, 4.69) is 27.4 Å². The molecule has 0 heterocycles. The lowest BCUT2D eigenvalue weighted by molar-refractivity contribution is 0.437. The van der Waals surface area contributed by atoms with Crippen LogP contribution >= 0.6 is 0 Å². The maximum atomic E-state index is 4.16. The van der Waals surface area contributed by atoms with Gasteiger partial charge in [-0.2, -0.15) is 0 Å². The molecular formula is C16H34. The third kappa shape index (κ3) is 11.8.